The molecule has 1 unspecified atom stereocenters. The number of carbonyl (C=O) groups excluding carboxylic acids is 1. The molecule has 172 valence electrons. The van der Waals surface area contributed by atoms with Gasteiger partial charge in [-0.3, -0.25) is 0 Å². The normalized spacial score (nSPS) is 12.3. The maximum Gasteiger partial charge on any atom is 0.341 e. The molecule has 3 heterocycles. The van der Waals surface area contributed by atoms with Crippen LogP contribution in [0.25, 0.3) is 17.0 Å². The van der Waals surface area contributed by atoms with Gasteiger partial charge in [-0.25, -0.2) is 27.9 Å². The molecule has 4 aromatic rings. The Morgan fingerprint density at radius 3 is 2.58 bits per heavy atom. The number of nitrogens with zero attached hydrogens (tertiary/aromatic N) is 6. The molecule has 0 aliphatic heterocycles. The minimum Gasteiger partial charge on any atom is -0.479 e. The summed E-state index contributed by atoms with van der Waals surface area (Å²) >= 11 is 0. The number of halogens is 2. The fourth-order valence-electron chi connectivity index (χ4n) is 3.63. The van der Waals surface area contributed by atoms with Gasteiger partial charge in [0.1, 0.15) is 11.0 Å². The molecule has 33 heavy (non-hydrogen) atoms. The van der Waals surface area contributed by atoms with Crippen molar-refractivity contribution in [3.05, 3.63) is 59.6 Å². The molecule has 0 amide bonds. The molecule has 0 fully saturated rings. The van der Waals surface area contributed by atoms with E-state index in [0.29, 0.717) is 16.6 Å². The van der Waals surface area contributed by atoms with Crippen molar-refractivity contribution in [3.63, 3.8) is 0 Å². The summed E-state index contributed by atoms with van der Waals surface area (Å²) in [6.07, 6.45) is 4.36. The predicted molar refractivity (Wildman–Crippen MR) is 114 cm³/mol. The van der Waals surface area contributed by atoms with Gasteiger partial charge in [0.2, 0.25) is 5.88 Å². The second kappa shape index (κ2) is 8.93. The number of benzene rings is 1. The van der Waals surface area contributed by atoms with Gasteiger partial charge in [-0.2, -0.15) is 15.2 Å². The van der Waals surface area contributed by atoms with Gasteiger partial charge in [-0.05, 0) is 30.5 Å². The van der Waals surface area contributed by atoms with Crippen LogP contribution >= 0.6 is 0 Å². The van der Waals surface area contributed by atoms with Gasteiger partial charge < -0.3 is 9.47 Å². The monoisotopic (exact) mass is 456 g/mol. The Morgan fingerprint density at radius 1 is 1.12 bits per heavy atom. The maximum absolute atomic E-state index is 14.0. The van der Waals surface area contributed by atoms with Crippen LogP contribution in [0.5, 0.6) is 5.88 Å². The van der Waals surface area contributed by atoms with Crippen LogP contribution in [0.2, 0.25) is 0 Å². The largest absolute Gasteiger partial charge is 0.479 e. The molecule has 4 rings (SSSR count). The minimum absolute atomic E-state index is 0.0272. The van der Waals surface area contributed by atoms with E-state index in [1.807, 2.05) is 13.8 Å². The van der Waals surface area contributed by atoms with E-state index >= 15 is 0 Å². The van der Waals surface area contributed by atoms with Crippen LogP contribution in [0, 0.1) is 17.6 Å². The Bertz CT molecular complexity index is 1320. The van der Waals surface area contributed by atoms with E-state index in [1.165, 1.54) is 36.4 Å². The molecule has 0 N–H and O–H groups in total. The minimum atomic E-state index is -0.934. The number of hydrogen-bond acceptors (Lipinski definition) is 7. The quantitative estimate of drug-likeness (QED) is 0.391. The number of hydrogen-bond donors (Lipinski definition) is 0. The lowest BCUT2D eigenvalue weighted by atomic mass is 9.96. The second-order valence-corrected chi connectivity index (χ2v) is 7.61. The highest BCUT2D eigenvalue weighted by Crippen LogP contribution is 2.33. The highest BCUT2D eigenvalue weighted by Gasteiger charge is 2.26. The first-order valence-electron chi connectivity index (χ1n) is 10.3. The fourth-order valence-corrected chi connectivity index (χ4v) is 3.63. The number of fused-ring (bicyclic) bond motifs is 1. The molecule has 1 aromatic carbocycles. The van der Waals surface area contributed by atoms with Crippen LogP contribution in [-0.4, -0.2) is 49.2 Å². The SMILES string of the molecule is CCOC(=O)c1cnn(-c2nc(OC)c3c(cnn3C(c3ccc(F)c(F)c3)C(C)C)n2)c1. The summed E-state index contributed by atoms with van der Waals surface area (Å²) in [5, 5.41) is 8.60. The van der Waals surface area contributed by atoms with E-state index in [4.69, 9.17) is 9.47 Å². The van der Waals surface area contributed by atoms with Crippen molar-refractivity contribution in [2.24, 2.45) is 5.92 Å². The van der Waals surface area contributed by atoms with E-state index in [-0.39, 0.29) is 29.9 Å². The smallest absolute Gasteiger partial charge is 0.341 e. The first kappa shape index (κ1) is 22.3. The van der Waals surface area contributed by atoms with E-state index in [0.717, 1.165) is 12.1 Å². The molecular formula is C22H22F2N6O3. The van der Waals surface area contributed by atoms with Crippen LogP contribution in [0.3, 0.4) is 0 Å². The van der Waals surface area contributed by atoms with Crippen molar-refractivity contribution < 1.29 is 23.0 Å². The Balaban J connectivity index is 1.81. The number of rotatable bonds is 7. The molecule has 9 nitrogen and oxygen atoms in total. The summed E-state index contributed by atoms with van der Waals surface area (Å²) in [6.45, 7) is 5.85. The Kier molecular flexibility index (Phi) is 6.03. The molecule has 0 saturated carbocycles. The average molecular weight is 456 g/mol. The molecule has 3 aromatic heterocycles. The maximum atomic E-state index is 14.0. The molecule has 0 aliphatic carbocycles. The highest BCUT2D eigenvalue weighted by molar-refractivity contribution is 5.88. The van der Waals surface area contributed by atoms with Crippen molar-refractivity contribution >= 4 is 17.0 Å². The van der Waals surface area contributed by atoms with Crippen molar-refractivity contribution in [2.75, 3.05) is 13.7 Å². The molecule has 0 saturated heterocycles. The summed E-state index contributed by atoms with van der Waals surface area (Å²) in [4.78, 5) is 20.9. The number of carbonyl (C=O) groups is 1. The van der Waals surface area contributed by atoms with Crippen molar-refractivity contribution in [3.8, 4) is 11.8 Å². The number of ether oxygens (including phenoxy) is 2. The van der Waals surface area contributed by atoms with Crippen molar-refractivity contribution in [2.45, 2.75) is 26.8 Å². The van der Waals surface area contributed by atoms with E-state index in [9.17, 15) is 13.6 Å². The lowest BCUT2D eigenvalue weighted by Gasteiger charge is -2.23. The van der Waals surface area contributed by atoms with Gasteiger partial charge in [-0.1, -0.05) is 19.9 Å². The van der Waals surface area contributed by atoms with Crippen molar-refractivity contribution in [1.29, 1.82) is 0 Å². The lowest BCUT2D eigenvalue weighted by Crippen LogP contribution is -2.19. The zero-order valence-corrected chi connectivity index (χ0v) is 18.5. The molecule has 0 bridgehead atoms. The van der Waals surface area contributed by atoms with Gasteiger partial charge in [0.05, 0.1) is 37.7 Å². The zero-order valence-electron chi connectivity index (χ0n) is 18.5. The molecule has 0 radical (unpaired) electrons. The van der Waals surface area contributed by atoms with Crippen LogP contribution in [0.4, 0.5) is 8.78 Å². The Labute approximate surface area is 188 Å². The van der Waals surface area contributed by atoms with Gasteiger partial charge in [0.15, 0.2) is 11.6 Å². The van der Waals surface area contributed by atoms with Crippen molar-refractivity contribution in [1.82, 2.24) is 29.5 Å². The molecular weight excluding hydrogens is 434 g/mol. The van der Waals surface area contributed by atoms with Crippen LogP contribution in [0.1, 0.15) is 42.7 Å². The first-order valence-corrected chi connectivity index (χ1v) is 10.3. The topological polar surface area (TPSA) is 97.0 Å². The predicted octanol–water partition coefficient (Wildman–Crippen LogP) is 3.72. The summed E-state index contributed by atoms with van der Waals surface area (Å²) < 4.78 is 40.9. The van der Waals surface area contributed by atoms with Crippen LogP contribution in [0.15, 0.2) is 36.8 Å². The number of methoxy groups -OCH3 is 1. The van der Waals surface area contributed by atoms with E-state index in [2.05, 4.69) is 20.2 Å². The first-order chi connectivity index (χ1) is 15.8. The summed E-state index contributed by atoms with van der Waals surface area (Å²) in [7, 11) is 1.46. The molecule has 1 atom stereocenters. The van der Waals surface area contributed by atoms with Gasteiger partial charge in [-0.15, -0.1) is 0 Å². The third-order valence-corrected chi connectivity index (χ3v) is 5.07. The molecule has 11 heteroatoms. The zero-order chi connectivity index (χ0) is 23.7. The van der Waals surface area contributed by atoms with Gasteiger partial charge >= 0.3 is 5.97 Å². The number of aromatic nitrogens is 6. The van der Waals surface area contributed by atoms with Gasteiger partial charge in [0.25, 0.3) is 5.95 Å². The van der Waals surface area contributed by atoms with Crippen LogP contribution < -0.4 is 4.74 Å². The average Bonchev–Trinajstić information content (AvgIpc) is 3.44. The summed E-state index contributed by atoms with van der Waals surface area (Å²) in [5.74, 6) is -2.00. The molecule has 0 aliphatic rings. The van der Waals surface area contributed by atoms with Crippen LogP contribution in [-0.2, 0) is 4.74 Å². The molecule has 0 spiro atoms. The highest BCUT2D eigenvalue weighted by atomic mass is 19.2. The Hall–Kier alpha value is -3.89. The summed E-state index contributed by atoms with van der Waals surface area (Å²) in [6, 6.07) is 3.35. The second-order valence-electron chi connectivity index (χ2n) is 7.61. The lowest BCUT2D eigenvalue weighted by molar-refractivity contribution is 0.0526. The fraction of sp³-hybridized carbons (Fsp3) is 0.318. The number of esters is 1. The van der Waals surface area contributed by atoms with Gasteiger partial charge in [0, 0.05) is 6.20 Å². The Morgan fingerprint density at radius 2 is 1.91 bits per heavy atom. The third-order valence-electron chi connectivity index (χ3n) is 5.07. The third kappa shape index (κ3) is 4.13. The summed E-state index contributed by atoms with van der Waals surface area (Å²) in [5.41, 5.74) is 1.75. The van der Waals surface area contributed by atoms with E-state index in [1.54, 1.807) is 11.6 Å². The standard InChI is InChI=1S/C22H22F2N6O3/c1-5-33-21(31)14-9-25-29(11-14)22-27-17-10-26-30(19(17)20(28-22)32-4)18(12(2)3)13-6-7-15(23)16(24)8-13/h6-12,18H,5H2,1-4H3. The van der Waals surface area contributed by atoms with E-state index < -0.39 is 23.6 Å².